The summed E-state index contributed by atoms with van der Waals surface area (Å²) in [7, 11) is 0. The maximum absolute atomic E-state index is 13.1. The van der Waals surface area contributed by atoms with Gasteiger partial charge < -0.3 is 0 Å². The third-order valence-electron chi connectivity index (χ3n) is 2.54. The molecule has 1 aromatic heterocycles. The van der Waals surface area contributed by atoms with Gasteiger partial charge in [-0.1, -0.05) is 11.8 Å². The number of aromatic nitrogens is 2. The molecule has 0 saturated carbocycles. The van der Waals surface area contributed by atoms with E-state index >= 15 is 0 Å². The zero-order valence-corrected chi connectivity index (χ0v) is 16.7. The smallest absolute Gasteiger partial charge is 0.240 e. The summed E-state index contributed by atoms with van der Waals surface area (Å²) >= 11 is 5.97. The number of thioether (sulfide) groups is 2. The van der Waals surface area contributed by atoms with Gasteiger partial charge in [-0.3, -0.25) is 0 Å². The summed E-state index contributed by atoms with van der Waals surface area (Å²) in [6.45, 7) is 0. The van der Waals surface area contributed by atoms with Gasteiger partial charge in [0.05, 0.1) is 0 Å². The molecule has 0 aliphatic carbocycles. The summed E-state index contributed by atoms with van der Waals surface area (Å²) in [4.78, 5) is 0.813. The van der Waals surface area contributed by atoms with Crippen LogP contribution in [-0.4, -0.2) is 43.5 Å². The minimum absolute atomic E-state index is 0.0405. The van der Waals surface area contributed by atoms with Crippen LogP contribution in [0, 0.1) is 0 Å². The van der Waals surface area contributed by atoms with Gasteiger partial charge in [-0.15, -0.1) is 11.8 Å². The molecule has 2 atom stereocenters. The molecule has 0 aliphatic heterocycles. The minimum atomic E-state index is -3.58. The fourth-order valence-electron chi connectivity index (χ4n) is 1.32. The summed E-state index contributed by atoms with van der Waals surface area (Å²) < 4.78 is 76.6. The van der Waals surface area contributed by atoms with E-state index in [0.29, 0.717) is 5.03 Å². The predicted molar refractivity (Wildman–Crippen MR) is 90.3 cm³/mol. The largest absolute Gasteiger partial charge is 0.331 e. The first kappa shape index (κ1) is 22.4. The molecule has 1 heterocycles. The van der Waals surface area contributed by atoms with Crippen LogP contribution in [0.25, 0.3) is 0 Å². The first-order valence-corrected chi connectivity index (χ1v) is 10.1. The van der Waals surface area contributed by atoms with Crippen molar-refractivity contribution in [1.29, 1.82) is 0 Å². The Balaban J connectivity index is 2.41. The molecule has 1 aromatic rings. The lowest BCUT2D eigenvalue weighted by Gasteiger charge is -2.13. The second-order valence-electron chi connectivity index (χ2n) is 4.47. The van der Waals surface area contributed by atoms with Crippen LogP contribution in [-0.2, 0) is 0 Å². The van der Waals surface area contributed by atoms with Gasteiger partial charge in [-0.2, -0.15) is 17.6 Å². The Hall–Kier alpha value is 0.320. The van der Waals surface area contributed by atoms with Crippen LogP contribution >= 0.6 is 55.4 Å². The van der Waals surface area contributed by atoms with Gasteiger partial charge in [0.1, 0.15) is 5.03 Å². The van der Waals surface area contributed by atoms with Crippen molar-refractivity contribution in [3.8, 4) is 0 Å². The van der Waals surface area contributed by atoms with E-state index < -0.39 is 28.4 Å². The number of hydrogen-bond acceptors (Lipinski definition) is 4. The third-order valence-corrected chi connectivity index (χ3v) is 5.39. The first-order valence-electron chi connectivity index (χ1n) is 6.50. The fraction of sp³-hybridized carbons (Fsp3) is 0.667. The predicted octanol–water partition coefficient (Wildman–Crippen LogP) is 6.09. The molecule has 0 amide bonds. The summed E-state index contributed by atoms with van der Waals surface area (Å²) in [6.07, 6.45) is -4.01. The maximum atomic E-state index is 13.1. The summed E-state index contributed by atoms with van der Waals surface area (Å²) in [5.41, 5.74) is 0. The molecule has 138 valence electrons. The van der Waals surface area contributed by atoms with Crippen molar-refractivity contribution in [2.45, 2.75) is 45.0 Å². The molecule has 0 aromatic carbocycles. The van der Waals surface area contributed by atoms with Crippen LogP contribution in [0.3, 0.4) is 0 Å². The Morgan fingerprint density at radius 3 is 1.96 bits per heavy atom. The van der Waals surface area contributed by atoms with E-state index in [9.17, 15) is 26.3 Å². The number of halogens is 8. The van der Waals surface area contributed by atoms with E-state index in [2.05, 4.69) is 9.97 Å². The highest BCUT2D eigenvalue weighted by atomic mass is 79.9. The highest BCUT2D eigenvalue weighted by Crippen LogP contribution is 2.33. The van der Waals surface area contributed by atoms with Crippen LogP contribution in [0.2, 0.25) is 0 Å². The number of nitrogens with zero attached hydrogens (tertiary/aromatic N) is 2. The van der Waals surface area contributed by atoms with E-state index in [-0.39, 0.29) is 23.1 Å². The van der Waals surface area contributed by atoms with Crippen molar-refractivity contribution in [3.63, 3.8) is 0 Å². The topological polar surface area (TPSA) is 25.8 Å². The Morgan fingerprint density at radius 2 is 1.46 bits per heavy atom. The van der Waals surface area contributed by atoms with E-state index in [0.717, 1.165) is 23.5 Å². The molecule has 0 fully saturated rings. The van der Waals surface area contributed by atoms with Crippen LogP contribution in [0.15, 0.2) is 22.4 Å². The van der Waals surface area contributed by atoms with E-state index in [1.807, 2.05) is 31.9 Å². The first-order chi connectivity index (χ1) is 11.0. The number of rotatable bonds is 10. The van der Waals surface area contributed by atoms with Gasteiger partial charge >= 0.3 is 9.66 Å². The van der Waals surface area contributed by atoms with Crippen LogP contribution in [0.5, 0.6) is 0 Å². The molecule has 0 spiro atoms. The molecule has 0 bridgehead atoms. The lowest BCUT2D eigenvalue weighted by Crippen LogP contribution is -2.23. The Kier molecular flexibility index (Phi) is 9.19. The average Bonchev–Trinajstić information content (AvgIpc) is 2.45. The van der Waals surface area contributed by atoms with Crippen molar-refractivity contribution < 1.29 is 26.3 Å². The highest BCUT2D eigenvalue weighted by molar-refractivity contribution is 9.10. The molecule has 24 heavy (non-hydrogen) atoms. The number of hydrogen-bond donors (Lipinski definition) is 0. The molecular weight excluding hydrogens is 510 g/mol. The quantitative estimate of drug-likeness (QED) is 0.122. The SMILES string of the molecule is FC(CCSc1ccnc(SCCC(F)C(F)(F)Br)n1)C(F)(F)Br. The summed E-state index contributed by atoms with van der Waals surface area (Å²) in [5, 5.41) is 0.674. The van der Waals surface area contributed by atoms with Crippen molar-refractivity contribution in [1.82, 2.24) is 9.97 Å². The second kappa shape index (κ2) is 9.86. The highest BCUT2D eigenvalue weighted by Gasteiger charge is 2.36. The van der Waals surface area contributed by atoms with Crippen molar-refractivity contribution >= 4 is 55.4 Å². The normalized spacial score (nSPS) is 15.3. The van der Waals surface area contributed by atoms with Crippen LogP contribution < -0.4 is 0 Å². The monoisotopic (exact) mass is 520 g/mol. The molecule has 0 radical (unpaired) electrons. The zero-order valence-electron chi connectivity index (χ0n) is 11.9. The molecule has 0 N–H and O–H groups in total. The Labute approximate surface area is 160 Å². The molecule has 12 heteroatoms. The van der Waals surface area contributed by atoms with Gasteiger partial charge in [0.15, 0.2) is 17.5 Å². The van der Waals surface area contributed by atoms with Gasteiger partial charge in [-0.25, -0.2) is 18.7 Å². The average molecular weight is 522 g/mol. The molecule has 0 saturated heterocycles. The standard InChI is InChI=1S/C12H12Br2F6N2S2/c13-11(17,18)7(15)2-5-23-9-1-4-21-10(22-9)24-6-3-8(16)12(14,19)20/h1,4,7-8H,2-3,5-6H2. The molecule has 2 unspecified atom stereocenters. The Bertz CT molecular complexity index is 474. The third kappa shape index (κ3) is 8.61. The van der Waals surface area contributed by atoms with Crippen molar-refractivity contribution in [2.24, 2.45) is 0 Å². The van der Waals surface area contributed by atoms with Crippen molar-refractivity contribution in [2.75, 3.05) is 11.5 Å². The lowest BCUT2D eigenvalue weighted by molar-refractivity contribution is 0.0208. The summed E-state index contributed by atoms with van der Waals surface area (Å²) in [5.74, 6) is 0.116. The fourth-order valence-corrected chi connectivity index (χ4v) is 3.49. The van der Waals surface area contributed by atoms with E-state index in [1.54, 1.807) is 0 Å². The van der Waals surface area contributed by atoms with E-state index in [1.165, 1.54) is 12.3 Å². The van der Waals surface area contributed by atoms with Gasteiger partial charge in [-0.05, 0) is 50.8 Å². The number of alkyl halides is 8. The molecular formula is C12H12Br2F6N2S2. The maximum Gasteiger partial charge on any atom is 0.331 e. The van der Waals surface area contributed by atoms with E-state index in [4.69, 9.17) is 0 Å². The minimum Gasteiger partial charge on any atom is -0.240 e. The van der Waals surface area contributed by atoms with Gasteiger partial charge in [0.25, 0.3) is 0 Å². The van der Waals surface area contributed by atoms with Crippen LogP contribution in [0.1, 0.15) is 12.8 Å². The van der Waals surface area contributed by atoms with Crippen LogP contribution in [0.4, 0.5) is 26.3 Å². The molecule has 0 aliphatic rings. The summed E-state index contributed by atoms with van der Waals surface area (Å²) in [6, 6.07) is 1.51. The lowest BCUT2D eigenvalue weighted by atomic mass is 10.3. The van der Waals surface area contributed by atoms with Gasteiger partial charge in [0, 0.05) is 17.7 Å². The van der Waals surface area contributed by atoms with Crippen molar-refractivity contribution in [3.05, 3.63) is 12.3 Å². The molecule has 2 nitrogen and oxygen atoms in total. The second-order valence-corrected chi connectivity index (χ2v) is 8.76. The zero-order chi connectivity index (χ0) is 18.4. The molecule has 1 rings (SSSR count). The Morgan fingerprint density at radius 1 is 0.958 bits per heavy atom. The van der Waals surface area contributed by atoms with Gasteiger partial charge in [0.2, 0.25) is 0 Å².